The Bertz CT molecular complexity index is 702. The minimum Gasteiger partial charge on any atom is -0.480 e. The van der Waals surface area contributed by atoms with E-state index in [1.807, 2.05) is 19.9 Å². The van der Waals surface area contributed by atoms with Crippen LogP contribution in [0.3, 0.4) is 0 Å². The molecule has 0 saturated heterocycles. The van der Waals surface area contributed by atoms with Crippen molar-refractivity contribution in [2.75, 3.05) is 0 Å². The number of thiophene rings is 1. The van der Waals surface area contributed by atoms with Crippen molar-refractivity contribution in [3.8, 4) is 0 Å². The average molecular weight is 294 g/mol. The lowest BCUT2D eigenvalue weighted by atomic mass is 10.2. The van der Waals surface area contributed by atoms with E-state index < -0.39 is 12.0 Å². The Hall–Kier alpha value is -1.69. The predicted molar refractivity (Wildman–Crippen MR) is 79.6 cm³/mol. The van der Waals surface area contributed by atoms with Gasteiger partial charge in [0, 0.05) is 11.3 Å². The molecule has 0 fully saturated rings. The van der Waals surface area contributed by atoms with Crippen molar-refractivity contribution in [3.63, 3.8) is 0 Å². The highest BCUT2D eigenvalue weighted by atomic mass is 32.1. The first kappa shape index (κ1) is 14.7. The van der Waals surface area contributed by atoms with Crippen LogP contribution in [0.2, 0.25) is 0 Å². The molecular weight excluding hydrogens is 276 g/mol. The number of aryl methyl sites for hydroxylation is 2. The van der Waals surface area contributed by atoms with Gasteiger partial charge in [0.1, 0.15) is 16.7 Å². The van der Waals surface area contributed by atoms with E-state index in [4.69, 9.17) is 0 Å². The number of nitrogens with zero attached hydrogens (tertiary/aromatic N) is 2. The molecule has 0 spiro atoms. The highest BCUT2D eigenvalue weighted by Crippen LogP contribution is 2.23. The fourth-order valence-corrected chi connectivity index (χ4v) is 3.15. The first-order valence-electron chi connectivity index (χ1n) is 6.76. The van der Waals surface area contributed by atoms with E-state index in [2.05, 4.69) is 4.98 Å². The molecule has 1 N–H and O–H groups in total. The third-order valence-corrected chi connectivity index (χ3v) is 4.46. The molecule has 6 heteroatoms. The minimum absolute atomic E-state index is 0.246. The summed E-state index contributed by atoms with van der Waals surface area (Å²) in [7, 11) is 0. The van der Waals surface area contributed by atoms with E-state index in [0.29, 0.717) is 22.5 Å². The molecule has 2 aromatic rings. The molecule has 0 amide bonds. The third-order valence-electron chi connectivity index (χ3n) is 3.29. The topological polar surface area (TPSA) is 72.2 Å². The number of carbonyl (C=O) groups is 1. The molecule has 0 aromatic carbocycles. The number of hydrogen-bond donors (Lipinski definition) is 1. The second kappa shape index (κ2) is 5.75. The van der Waals surface area contributed by atoms with Crippen LogP contribution in [0.1, 0.15) is 43.9 Å². The van der Waals surface area contributed by atoms with Crippen LogP contribution in [0.15, 0.2) is 10.9 Å². The van der Waals surface area contributed by atoms with Gasteiger partial charge in [-0.15, -0.1) is 11.3 Å². The lowest BCUT2D eigenvalue weighted by molar-refractivity contribution is -0.140. The molecule has 2 heterocycles. The molecule has 0 aliphatic rings. The SMILES string of the molecule is CCCc1nc2sc(CC)cc2c(=O)n1C(C)C(=O)O. The fourth-order valence-electron chi connectivity index (χ4n) is 2.17. The first-order chi connectivity index (χ1) is 9.49. The Morgan fingerprint density at radius 3 is 2.75 bits per heavy atom. The van der Waals surface area contributed by atoms with Crippen LogP contribution in [0.4, 0.5) is 0 Å². The number of carboxylic acids is 1. The van der Waals surface area contributed by atoms with Gasteiger partial charge in [-0.3, -0.25) is 9.36 Å². The highest BCUT2D eigenvalue weighted by molar-refractivity contribution is 7.18. The minimum atomic E-state index is -1.02. The maximum absolute atomic E-state index is 12.6. The van der Waals surface area contributed by atoms with Crippen molar-refractivity contribution in [2.24, 2.45) is 0 Å². The van der Waals surface area contributed by atoms with Gasteiger partial charge in [-0.1, -0.05) is 13.8 Å². The van der Waals surface area contributed by atoms with Gasteiger partial charge >= 0.3 is 5.97 Å². The van der Waals surface area contributed by atoms with Crippen molar-refractivity contribution >= 4 is 27.5 Å². The molecule has 0 saturated carbocycles. The van der Waals surface area contributed by atoms with Gasteiger partial charge in [-0.2, -0.15) is 0 Å². The van der Waals surface area contributed by atoms with Crippen molar-refractivity contribution in [1.29, 1.82) is 0 Å². The summed E-state index contributed by atoms with van der Waals surface area (Å²) in [6, 6.07) is 0.932. The molecule has 108 valence electrons. The Morgan fingerprint density at radius 2 is 2.20 bits per heavy atom. The zero-order chi connectivity index (χ0) is 14.9. The zero-order valence-electron chi connectivity index (χ0n) is 11.8. The zero-order valence-corrected chi connectivity index (χ0v) is 12.7. The lowest BCUT2D eigenvalue weighted by Gasteiger charge is -2.15. The molecule has 0 aliphatic heterocycles. The van der Waals surface area contributed by atoms with Gasteiger partial charge in [0.2, 0.25) is 0 Å². The monoisotopic (exact) mass is 294 g/mol. The standard InChI is InChI=1S/C14H18N2O3S/c1-4-6-11-15-12-10(7-9(5-2)20-12)13(17)16(11)8(3)14(18)19/h7-8H,4-6H2,1-3H3,(H,18,19). The van der Waals surface area contributed by atoms with Crippen LogP contribution in [-0.4, -0.2) is 20.6 Å². The van der Waals surface area contributed by atoms with E-state index in [1.54, 1.807) is 0 Å². The Labute approximate surface area is 120 Å². The molecule has 2 rings (SSSR count). The van der Waals surface area contributed by atoms with E-state index in [0.717, 1.165) is 17.7 Å². The van der Waals surface area contributed by atoms with Gasteiger partial charge in [0.05, 0.1) is 5.39 Å². The summed E-state index contributed by atoms with van der Waals surface area (Å²) < 4.78 is 1.32. The summed E-state index contributed by atoms with van der Waals surface area (Å²) in [6.07, 6.45) is 2.26. The summed E-state index contributed by atoms with van der Waals surface area (Å²) in [5.74, 6) is -0.457. The molecule has 5 nitrogen and oxygen atoms in total. The van der Waals surface area contributed by atoms with E-state index >= 15 is 0 Å². The van der Waals surface area contributed by atoms with Crippen LogP contribution in [0, 0.1) is 0 Å². The summed E-state index contributed by atoms with van der Waals surface area (Å²) in [4.78, 5) is 30.1. The number of carboxylic acid groups (broad SMARTS) is 1. The van der Waals surface area contributed by atoms with Crippen molar-refractivity contribution < 1.29 is 9.90 Å². The second-order valence-corrected chi connectivity index (χ2v) is 5.87. The molecular formula is C14H18N2O3S. The second-order valence-electron chi connectivity index (χ2n) is 4.75. The van der Waals surface area contributed by atoms with Crippen molar-refractivity contribution in [3.05, 3.63) is 27.1 Å². The number of aromatic nitrogens is 2. The van der Waals surface area contributed by atoms with Gasteiger partial charge in [-0.25, -0.2) is 9.78 Å². The molecule has 20 heavy (non-hydrogen) atoms. The summed E-state index contributed by atoms with van der Waals surface area (Å²) >= 11 is 1.51. The van der Waals surface area contributed by atoms with E-state index in [1.165, 1.54) is 22.8 Å². The maximum atomic E-state index is 12.6. The number of rotatable bonds is 5. The normalized spacial score (nSPS) is 12.8. The van der Waals surface area contributed by atoms with Crippen LogP contribution >= 0.6 is 11.3 Å². The van der Waals surface area contributed by atoms with Gasteiger partial charge < -0.3 is 5.11 Å². The van der Waals surface area contributed by atoms with Crippen LogP contribution in [-0.2, 0) is 17.6 Å². The average Bonchev–Trinajstić information content (AvgIpc) is 2.82. The first-order valence-corrected chi connectivity index (χ1v) is 7.57. The maximum Gasteiger partial charge on any atom is 0.326 e. The molecule has 1 atom stereocenters. The molecule has 1 unspecified atom stereocenters. The van der Waals surface area contributed by atoms with Crippen LogP contribution in [0.25, 0.3) is 10.2 Å². The smallest absolute Gasteiger partial charge is 0.326 e. The van der Waals surface area contributed by atoms with Crippen LogP contribution in [0.5, 0.6) is 0 Å². The Morgan fingerprint density at radius 1 is 1.50 bits per heavy atom. The number of hydrogen-bond acceptors (Lipinski definition) is 4. The quantitative estimate of drug-likeness (QED) is 0.920. The molecule has 0 aliphatic carbocycles. The Kier molecular flexibility index (Phi) is 4.23. The van der Waals surface area contributed by atoms with Gasteiger partial charge in [0.25, 0.3) is 5.56 Å². The van der Waals surface area contributed by atoms with Crippen LogP contribution < -0.4 is 5.56 Å². The lowest BCUT2D eigenvalue weighted by Crippen LogP contribution is -2.31. The van der Waals surface area contributed by atoms with Gasteiger partial charge in [-0.05, 0) is 25.8 Å². The summed E-state index contributed by atoms with van der Waals surface area (Å²) in [5.41, 5.74) is -0.246. The highest BCUT2D eigenvalue weighted by Gasteiger charge is 2.21. The third kappa shape index (κ3) is 2.47. The number of aliphatic carboxylic acids is 1. The predicted octanol–water partition coefficient (Wildman–Crippen LogP) is 2.62. The summed E-state index contributed by atoms with van der Waals surface area (Å²) in [6.45, 7) is 5.53. The number of fused-ring (bicyclic) bond motifs is 1. The fraction of sp³-hybridized carbons (Fsp3) is 0.500. The van der Waals surface area contributed by atoms with Gasteiger partial charge in [0.15, 0.2) is 0 Å². The molecule has 0 bridgehead atoms. The Balaban J connectivity index is 2.75. The molecule has 0 radical (unpaired) electrons. The largest absolute Gasteiger partial charge is 0.480 e. The summed E-state index contributed by atoms with van der Waals surface area (Å²) in [5, 5.41) is 9.72. The van der Waals surface area contributed by atoms with Crippen molar-refractivity contribution in [1.82, 2.24) is 9.55 Å². The van der Waals surface area contributed by atoms with E-state index in [-0.39, 0.29) is 5.56 Å². The van der Waals surface area contributed by atoms with E-state index in [9.17, 15) is 14.7 Å². The van der Waals surface area contributed by atoms with Crippen molar-refractivity contribution in [2.45, 2.75) is 46.1 Å². The molecule has 2 aromatic heterocycles.